The number of hydrogen-bond acceptors (Lipinski definition) is 3. The minimum Gasteiger partial charge on any atom is -0.481 e. The van der Waals surface area contributed by atoms with Crippen LogP contribution in [-0.2, 0) is 16.0 Å². The summed E-state index contributed by atoms with van der Waals surface area (Å²) < 4.78 is 0. The van der Waals surface area contributed by atoms with Crippen LogP contribution in [0.4, 0.5) is 0 Å². The Morgan fingerprint density at radius 1 is 1.32 bits per heavy atom. The number of carboxylic acid groups (broad SMARTS) is 1. The number of aliphatic carboxylic acids is 1. The first-order valence-corrected chi connectivity index (χ1v) is 6.59. The molecule has 1 aliphatic carbocycles. The topological polar surface area (TPSA) is 79.3 Å². The molecule has 2 atom stereocenters. The van der Waals surface area contributed by atoms with Gasteiger partial charge in [-0.05, 0) is 25.0 Å². The molecular formula is C14H18N2O3. The zero-order valence-electron chi connectivity index (χ0n) is 10.7. The third-order valence-corrected chi connectivity index (χ3v) is 3.58. The van der Waals surface area contributed by atoms with Crippen LogP contribution in [-0.4, -0.2) is 28.5 Å². The van der Waals surface area contributed by atoms with Crippen molar-refractivity contribution in [3.05, 3.63) is 30.1 Å². The van der Waals surface area contributed by atoms with Gasteiger partial charge in [0.15, 0.2) is 0 Å². The number of nitrogens with one attached hydrogen (secondary N) is 1. The van der Waals surface area contributed by atoms with E-state index in [9.17, 15) is 9.59 Å². The molecule has 1 aromatic rings. The first kappa shape index (κ1) is 13.5. The third-order valence-electron chi connectivity index (χ3n) is 3.58. The molecule has 1 fully saturated rings. The lowest BCUT2D eigenvalue weighted by atomic mass is 9.95. The summed E-state index contributed by atoms with van der Waals surface area (Å²) in [6.07, 6.45) is 4.47. The monoisotopic (exact) mass is 262 g/mol. The molecule has 0 aliphatic heterocycles. The second-order valence-electron chi connectivity index (χ2n) is 4.84. The smallest absolute Gasteiger partial charge is 0.307 e. The first-order chi connectivity index (χ1) is 9.18. The first-order valence-electron chi connectivity index (χ1n) is 6.59. The number of carboxylic acids is 1. The van der Waals surface area contributed by atoms with Gasteiger partial charge in [0.1, 0.15) is 0 Å². The van der Waals surface area contributed by atoms with Crippen LogP contribution in [0, 0.1) is 11.8 Å². The lowest BCUT2D eigenvalue weighted by Crippen LogP contribution is -2.36. The van der Waals surface area contributed by atoms with Gasteiger partial charge in [-0.1, -0.05) is 12.5 Å². The van der Waals surface area contributed by atoms with Crippen LogP contribution in [0.25, 0.3) is 0 Å². The van der Waals surface area contributed by atoms with Gasteiger partial charge in [-0.3, -0.25) is 14.6 Å². The molecule has 0 bridgehead atoms. The Morgan fingerprint density at radius 3 is 2.79 bits per heavy atom. The number of aromatic nitrogens is 1. The normalized spacial score (nSPS) is 22.1. The molecule has 1 aromatic heterocycles. The number of hydrogen-bond donors (Lipinski definition) is 2. The van der Waals surface area contributed by atoms with E-state index in [-0.39, 0.29) is 11.8 Å². The van der Waals surface area contributed by atoms with Crippen molar-refractivity contribution >= 4 is 11.9 Å². The summed E-state index contributed by atoms with van der Waals surface area (Å²) in [4.78, 5) is 27.1. The second-order valence-corrected chi connectivity index (χ2v) is 4.84. The molecule has 0 aromatic carbocycles. The maximum atomic E-state index is 12.0. The van der Waals surface area contributed by atoms with Crippen LogP contribution in [0.2, 0.25) is 0 Å². The van der Waals surface area contributed by atoms with E-state index in [4.69, 9.17) is 5.11 Å². The fourth-order valence-electron chi connectivity index (χ4n) is 2.56. The maximum Gasteiger partial charge on any atom is 0.307 e. The van der Waals surface area contributed by atoms with E-state index in [2.05, 4.69) is 10.3 Å². The van der Waals surface area contributed by atoms with Gasteiger partial charge in [0.2, 0.25) is 5.91 Å². The van der Waals surface area contributed by atoms with E-state index >= 15 is 0 Å². The van der Waals surface area contributed by atoms with Gasteiger partial charge < -0.3 is 10.4 Å². The highest BCUT2D eigenvalue weighted by molar-refractivity contribution is 5.85. The molecule has 2 rings (SSSR count). The Bertz CT molecular complexity index is 447. The largest absolute Gasteiger partial charge is 0.481 e. The van der Waals surface area contributed by atoms with Crippen molar-refractivity contribution in [1.29, 1.82) is 0 Å². The van der Waals surface area contributed by atoms with E-state index in [1.165, 1.54) is 0 Å². The summed E-state index contributed by atoms with van der Waals surface area (Å²) in [5.41, 5.74) is 0.920. The Kier molecular flexibility index (Phi) is 4.49. The third kappa shape index (κ3) is 3.53. The minimum atomic E-state index is -0.859. The van der Waals surface area contributed by atoms with Gasteiger partial charge in [0.05, 0.1) is 11.8 Å². The lowest BCUT2D eigenvalue weighted by molar-refractivity contribution is -0.146. The highest BCUT2D eigenvalue weighted by Crippen LogP contribution is 2.31. The summed E-state index contributed by atoms with van der Waals surface area (Å²) in [7, 11) is 0. The SMILES string of the molecule is O=C(O)C1CCCC1C(=O)NCCc1ccccn1. The average Bonchev–Trinajstić information content (AvgIpc) is 2.89. The maximum absolute atomic E-state index is 12.0. The van der Waals surface area contributed by atoms with Crippen molar-refractivity contribution in [2.75, 3.05) is 6.54 Å². The summed E-state index contributed by atoms with van der Waals surface area (Å²) in [6, 6.07) is 5.65. The average molecular weight is 262 g/mol. The number of amides is 1. The summed E-state index contributed by atoms with van der Waals surface area (Å²) in [5, 5.41) is 11.9. The van der Waals surface area contributed by atoms with Crippen LogP contribution in [0.3, 0.4) is 0 Å². The summed E-state index contributed by atoms with van der Waals surface area (Å²) in [5.74, 6) is -1.89. The highest BCUT2D eigenvalue weighted by Gasteiger charge is 2.37. The Morgan fingerprint density at radius 2 is 2.11 bits per heavy atom. The predicted octanol–water partition coefficient (Wildman–Crippen LogP) is 1.24. The Balaban J connectivity index is 1.80. The molecule has 1 amide bonds. The lowest BCUT2D eigenvalue weighted by Gasteiger charge is -2.15. The standard InChI is InChI=1S/C14H18N2O3/c17-13(11-5-3-6-12(11)14(18)19)16-9-7-10-4-1-2-8-15-10/h1-2,4,8,11-12H,3,5-7,9H2,(H,16,17)(H,18,19). The van der Waals surface area contributed by atoms with E-state index < -0.39 is 11.9 Å². The summed E-state index contributed by atoms with van der Waals surface area (Å²) >= 11 is 0. The molecule has 0 saturated heterocycles. The van der Waals surface area contributed by atoms with Crippen molar-refractivity contribution in [2.45, 2.75) is 25.7 Å². The minimum absolute atomic E-state index is 0.138. The number of pyridine rings is 1. The van der Waals surface area contributed by atoms with Crippen LogP contribution in [0.15, 0.2) is 24.4 Å². The molecule has 1 saturated carbocycles. The quantitative estimate of drug-likeness (QED) is 0.836. The van der Waals surface area contributed by atoms with E-state index in [1.54, 1.807) is 6.20 Å². The summed E-state index contributed by atoms with van der Waals surface area (Å²) in [6.45, 7) is 0.499. The molecule has 5 nitrogen and oxygen atoms in total. The zero-order chi connectivity index (χ0) is 13.7. The van der Waals surface area contributed by atoms with Crippen LogP contribution in [0.1, 0.15) is 25.0 Å². The molecular weight excluding hydrogens is 244 g/mol. The zero-order valence-corrected chi connectivity index (χ0v) is 10.7. The van der Waals surface area contributed by atoms with Gasteiger partial charge in [-0.2, -0.15) is 0 Å². The van der Waals surface area contributed by atoms with Gasteiger partial charge in [-0.25, -0.2) is 0 Å². The van der Waals surface area contributed by atoms with E-state index in [0.29, 0.717) is 25.8 Å². The van der Waals surface area contributed by atoms with Gasteiger partial charge in [0, 0.05) is 24.9 Å². The van der Waals surface area contributed by atoms with Crippen molar-refractivity contribution in [3.8, 4) is 0 Å². The van der Waals surface area contributed by atoms with Crippen LogP contribution in [0.5, 0.6) is 0 Å². The van der Waals surface area contributed by atoms with Crippen molar-refractivity contribution < 1.29 is 14.7 Å². The molecule has 102 valence electrons. The van der Waals surface area contributed by atoms with Crippen LogP contribution >= 0.6 is 0 Å². The number of rotatable bonds is 5. The molecule has 19 heavy (non-hydrogen) atoms. The molecule has 5 heteroatoms. The van der Waals surface area contributed by atoms with E-state index in [1.807, 2.05) is 18.2 Å². The molecule has 2 unspecified atom stereocenters. The fourth-order valence-corrected chi connectivity index (χ4v) is 2.56. The molecule has 0 radical (unpaired) electrons. The molecule has 1 heterocycles. The van der Waals surface area contributed by atoms with Crippen LogP contribution < -0.4 is 5.32 Å². The second kappa shape index (κ2) is 6.31. The Labute approximate surface area is 112 Å². The fraction of sp³-hybridized carbons (Fsp3) is 0.500. The van der Waals surface area contributed by atoms with Gasteiger partial charge >= 0.3 is 5.97 Å². The molecule has 1 aliphatic rings. The van der Waals surface area contributed by atoms with Gasteiger partial charge in [0.25, 0.3) is 0 Å². The molecule has 0 spiro atoms. The number of carbonyl (C=O) groups is 2. The van der Waals surface area contributed by atoms with Gasteiger partial charge in [-0.15, -0.1) is 0 Å². The number of nitrogens with zero attached hydrogens (tertiary/aromatic N) is 1. The van der Waals surface area contributed by atoms with Crippen molar-refractivity contribution in [2.24, 2.45) is 11.8 Å². The number of carbonyl (C=O) groups excluding carboxylic acids is 1. The van der Waals surface area contributed by atoms with Crippen molar-refractivity contribution in [1.82, 2.24) is 10.3 Å². The molecule has 2 N–H and O–H groups in total. The highest BCUT2D eigenvalue weighted by atomic mass is 16.4. The van der Waals surface area contributed by atoms with Crippen molar-refractivity contribution in [3.63, 3.8) is 0 Å². The Hall–Kier alpha value is -1.91. The van der Waals surface area contributed by atoms with E-state index in [0.717, 1.165) is 12.1 Å². The predicted molar refractivity (Wildman–Crippen MR) is 69.4 cm³/mol.